The molecular weight excluding hydrogens is 244 g/mol. The molecule has 0 heterocycles. The standard InChI is InChI=1S/C14H22N2O3/c1-2-8-19-13-5-3-12(4-6-13)10-16-7-9-18-11-14(15)17/h3-6,16H,2,7-11H2,1H3,(H2,15,17). The summed E-state index contributed by atoms with van der Waals surface area (Å²) in [7, 11) is 0. The van der Waals surface area contributed by atoms with Crippen LogP contribution in [0.1, 0.15) is 18.9 Å². The Morgan fingerprint density at radius 1 is 1.26 bits per heavy atom. The van der Waals surface area contributed by atoms with Crippen LogP contribution in [0.3, 0.4) is 0 Å². The van der Waals surface area contributed by atoms with Crippen molar-refractivity contribution in [3.63, 3.8) is 0 Å². The normalized spacial score (nSPS) is 10.4. The second kappa shape index (κ2) is 9.35. The molecular formula is C14H22N2O3. The zero-order valence-electron chi connectivity index (χ0n) is 11.4. The first-order valence-corrected chi connectivity index (χ1v) is 6.51. The van der Waals surface area contributed by atoms with E-state index in [4.69, 9.17) is 15.2 Å². The molecule has 0 saturated heterocycles. The van der Waals surface area contributed by atoms with Crippen molar-refractivity contribution in [2.45, 2.75) is 19.9 Å². The van der Waals surface area contributed by atoms with E-state index in [0.29, 0.717) is 13.2 Å². The Balaban J connectivity index is 2.14. The molecule has 0 radical (unpaired) electrons. The Labute approximate surface area is 114 Å². The van der Waals surface area contributed by atoms with Crippen molar-refractivity contribution in [2.75, 3.05) is 26.4 Å². The molecule has 0 fully saturated rings. The first kappa shape index (κ1) is 15.5. The number of nitrogens with two attached hydrogens (primary N) is 1. The lowest BCUT2D eigenvalue weighted by Crippen LogP contribution is -2.23. The fourth-order valence-corrected chi connectivity index (χ4v) is 1.47. The smallest absolute Gasteiger partial charge is 0.243 e. The molecule has 0 bridgehead atoms. The van der Waals surface area contributed by atoms with Gasteiger partial charge in [-0.15, -0.1) is 0 Å². The lowest BCUT2D eigenvalue weighted by atomic mass is 10.2. The summed E-state index contributed by atoms with van der Waals surface area (Å²) in [6, 6.07) is 8.00. The van der Waals surface area contributed by atoms with Gasteiger partial charge in [0.2, 0.25) is 5.91 Å². The van der Waals surface area contributed by atoms with Gasteiger partial charge >= 0.3 is 0 Å². The van der Waals surface area contributed by atoms with E-state index in [1.807, 2.05) is 24.3 Å². The fourth-order valence-electron chi connectivity index (χ4n) is 1.47. The zero-order chi connectivity index (χ0) is 13.9. The number of carbonyl (C=O) groups excluding carboxylic acids is 1. The third-order valence-corrected chi connectivity index (χ3v) is 2.39. The predicted octanol–water partition coefficient (Wildman–Crippen LogP) is 1.07. The van der Waals surface area contributed by atoms with Gasteiger partial charge in [0.15, 0.2) is 0 Å². The van der Waals surface area contributed by atoms with Crippen LogP contribution >= 0.6 is 0 Å². The Bertz CT molecular complexity index is 365. The Kier molecular flexibility index (Phi) is 7.62. The number of primary amides is 1. The number of rotatable bonds is 10. The van der Waals surface area contributed by atoms with Crippen LogP contribution in [0, 0.1) is 0 Å². The molecule has 3 N–H and O–H groups in total. The summed E-state index contributed by atoms with van der Waals surface area (Å²) in [4.78, 5) is 10.4. The van der Waals surface area contributed by atoms with Gasteiger partial charge in [-0.1, -0.05) is 19.1 Å². The Morgan fingerprint density at radius 2 is 2.00 bits per heavy atom. The predicted molar refractivity (Wildman–Crippen MR) is 73.9 cm³/mol. The minimum absolute atomic E-state index is 0.0227. The third kappa shape index (κ3) is 7.43. The largest absolute Gasteiger partial charge is 0.494 e. The minimum Gasteiger partial charge on any atom is -0.494 e. The lowest BCUT2D eigenvalue weighted by molar-refractivity contribution is -0.122. The van der Waals surface area contributed by atoms with Crippen molar-refractivity contribution in [3.8, 4) is 5.75 Å². The number of hydrogen-bond acceptors (Lipinski definition) is 4. The van der Waals surface area contributed by atoms with Crippen molar-refractivity contribution < 1.29 is 14.3 Å². The van der Waals surface area contributed by atoms with E-state index >= 15 is 0 Å². The van der Waals surface area contributed by atoms with Crippen LogP contribution in [-0.2, 0) is 16.1 Å². The summed E-state index contributed by atoms with van der Waals surface area (Å²) in [5.41, 5.74) is 6.13. The first-order valence-electron chi connectivity index (χ1n) is 6.51. The quantitative estimate of drug-likeness (QED) is 0.621. The van der Waals surface area contributed by atoms with E-state index in [0.717, 1.165) is 25.3 Å². The van der Waals surface area contributed by atoms with Crippen molar-refractivity contribution in [3.05, 3.63) is 29.8 Å². The molecule has 0 unspecified atom stereocenters. The number of benzene rings is 1. The Hall–Kier alpha value is -1.59. The van der Waals surface area contributed by atoms with E-state index in [1.54, 1.807) is 0 Å². The van der Waals surface area contributed by atoms with Gasteiger partial charge in [-0.2, -0.15) is 0 Å². The van der Waals surface area contributed by atoms with Crippen LogP contribution in [0.4, 0.5) is 0 Å². The van der Waals surface area contributed by atoms with E-state index in [-0.39, 0.29) is 6.61 Å². The molecule has 0 aliphatic heterocycles. The number of amides is 1. The highest BCUT2D eigenvalue weighted by Gasteiger charge is 1.96. The summed E-state index contributed by atoms with van der Waals surface area (Å²) in [6.45, 7) is 4.72. The van der Waals surface area contributed by atoms with Crippen molar-refractivity contribution in [2.24, 2.45) is 5.73 Å². The summed E-state index contributed by atoms with van der Waals surface area (Å²) >= 11 is 0. The second-order valence-corrected chi connectivity index (χ2v) is 4.19. The average Bonchev–Trinajstić information content (AvgIpc) is 2.41. The molecule has 1 amide bonds. The first-order chi connectivity index (χ1) is 9.22. The molecule has 0 aliphatic carbocycles. The number of ether oxygens (including phenoxy) is 2. The van der Waals surface area contributed by atoms with E-state index in [9.17, 15) is 4.79 Å². The molecule has 0 atom stereocenters. The van der Waals surface area contributed by atoms with Gasteiger partial charge in [0, 0.05) is 13.1 Å². The summed E-state index contributed by atoms with van der Waals surface area (Å²) in [5.74, 6) is 0.457. The molecule has 5 heteroatoms. The van der Waals surface area contributed by atoms with Crippen molar-refractivity contribution in [1.29, 1.82) is 0 Å². The molecule has 1 aromatic rings. The number of carbonyl (C=O) groups is 1. The van der Waals surface area contributed by atoms with E-state index in [2.05, 4.69) is 12.2 Å². The second-order valence-electron chi connectivity index (χ2n) is 4.19. The highest BCUT2D eigenvalue weighted by atomic mass is 16.5. The molecule has 5 nitrogen and oxygen atoms in total. The van der Waals surface area contributed by atoms with E-state index in [1.165, 1.54) is 5.56 Å². The maximum Gasteiger partial charge on any atom is 0.243 e. The third-order valence-electron chi connectivity index (χ3n) is 2.39. The molecule has 0 aliphatic rings. The van der Waals surface area contributed by atoms with Crippen LogP contribution in [-0.4, -0.2) is 32.3 Å². The van der Waals surface area contributed by atoms with Gasteiger partial charge in [0.05, 0.1) is 13.2 Å². The fraction of sp³-hybridized carbons (Fsp3) is 0.500. The molecule has 19 heavy (non-hydrogen) atoms. The van der Waals surface area contributed by atoms with Crippen LogP contribution in [0.25, 0.3) is 0 Å². The molecule has 0 saturated carbocycles. The molecule has 0 aromatic heterocycles. The monoisotopic (exact) mass is 266 g/mol. The van der Waals surface area contributed by atoms with Gasteiger partial charge < -0.3 is 20.5 Å². The zero-order valence-corrected chi connectivity index (χ0v) is 11.4. The van der Waals surface area contributed by atoms with Gasteiger partial charge in [0.25, 0.3) is 0 Å². The van der Waals surface area contributed by atoms with Gasteiger partial charge in [0.1, 0.15) is 12.4 Å². The van der Waals surface area contributed by atoms with E-state index < -0.39 is 5.91 Å². The van der Waals surface area contributed by atoms with Crippen molar-refractivity contribution >= 4 is 5.91 Å². The highest BCUT2D eigenvalue weighted by molar-refractivity contribution is 5.74. The van der Waals surface area contributed by atoms with Crippen LogP contribution in [0.2, 0.25) is 0 Å². The molecule has 0 spiro atoms. The number of nitrogens with one attached hydrogen (secondary N) is 1. The maximum atomic E-state index is 10.4. The topological polar surface area (TPSA) is 73.6 Å². The van der Waals surface area contributed by atoms with Crippen LogP contribution in [0.15, 0.2) is 24.3 Å². The molecule has 106 valence electrons. The van der Waals surface area contributed by atoms with Crippen LogP contribution in [0.5, 0.6) is 5.75 Å². The van der Waals surface area contributed by atoms with Crippen LogP contribution < -0.4 is 15.8 Å². The van der Waals surface area contributed by atoms with Gasteiger partial charge in [-0.05, 0) is 24.1 Å². The SMILES string of the molecule is CCCOc1ccc(CNCCOCC(N)=O)cc1. The molecule has 1 aromatic carbocycles. The Morgan fingerprint density at radius 3 is 2.63 bits per heavy atom. The molecule has 1 rings (SSSR count). The van der Waals surface area contributed by atoms with Crippen molar-refractivity contribution in [1.82, 2.24) is 5.32 Å². The summed E-state index contributed by atoms with van der Waals surface area (Å²) in [5, 5.41) is 3.22. The summed E-state index contributed by atoms with van der Waals surface area (Å²) in [6.07, 6.45) is 1.01. The number of hydrogen-bond donors (Lipinski definition) is 2. The van der Waals surface area contributed by atoms with Gasteiger partial charge in [-0.25, -0.2) is 0 Å². The highest BCUT2D eigenvalue weighted by Crippen LogP contribution is 2.12. The minimum atomic E-state index is -0.442. The van der Waals surface area contributed by atoms with Gasteiger partial charge in [-0.3, -0.25) is 4.79 Å². The maximum absolute atomic E-state index is 10.4. The lowest BCUT2D eigenvalue weighted by Gasteiger charge is -2.07. The summed E-state index contributed by atoms with van der Waals surface area (Å²) < 4.78 is 10.5. The average molecular weight is 266 g/mol.